The summed E-state index contributed by atoms with van der Waals surface area (Å²) in [6.07, 6.45) is 4.74. The molecule has 90 valence electrons. The molecule has 0 aliphatic carbocycles. The van der Waals surface area contributed by atoms with E-state index < -0.39 is 0 Å². The van der Waals surface area contributed by atoms with Gasteiger partial charge in [0, 0.05) is 11.6 Å². The van der Waals surface area contributed by atoms with Gasteiger partial charge >= 0.3 is 5.97 Å². The highest BCUT2D eigenvalue weighted by atomic mass is 16.5. The van der Waals surface area contributed by atoms with Gasteiger partial charge in [0.2, 0.25) is 0 Å². The first-order valence-electron chi connectivity index (χ1n) is 5.45. The first-order chi connectivity index (χ1) is 8.27. The van der Waals surface area contributed by atoms with Crippen LogP contribution in [0.2, 0.25) is 0 Å². The first-order valence-corrected chi connectivity index (χ1v) is 5.45. The van der Waals surface area contributed by atoms with Crippen molar-refractivity contribution in [3.63, 3.8) is 0 Å². The summed E-state index contributed by atoms with van der Waals surface area (Å²) >= 11 is 0. The predicted octanol–water partition coefficient (Wildman–Crippen LogP) is 2.83. The first kappa shape index (κ1) is 13.0. The van der Waals surface area contributed by atoms with Gasteiger partial charge in [-0.1, -0.05) is 30.9 Å². The van der Waals surface area contributed by atoms with Crippen molar-refractivity contribution >= 4 is 12.0 Å². The third kappa shape index (κ3) is 4.55. The van der Waals surface area contributed by atoms with Crippen LogP contribution in [0.5, 0.6) is 5.75 Å². The van der Waals surface area contributed by atoms with E-state index in [1.54, 1.807) is 19.1 Å². The van der Waals surface area contributed by atoms with Gasteiger partial charge in [-0.05, 0) is 19.1 Å². The fourth-order valence-corrected chi connectivity index (χ4v) is 1.25. The molecule has 0 spiro atoms. The Morgan fingerprint density at radius 3 is 2.88 bits per heavy atom. The average molecular weight is 232 g/mol. The van der Waals surface area contributed by atoms with E-state index in [4.69, 9.17) is 9.47 Å². The summed E-state index contributed by atoms with van der Waals surface area (Å²) < 4.78 is 10.3. The Morgan fingerprint density at radius 2 is 2.18 bits per heavy atom. The molecule has 0 N–H and O–H groups in total. The van der Waals surface area contributed by atoms with Crippen LogP contribution in [0.3, 0.4) is 0 Å². The largest absolute Gasteiger partial charge is 0.489 e. The van der Waals surface area contributed by atoms with Gasteiger partial charge in [0.15, 0.2) is 0 Å². The van der Waals surface area contributed by atoms with Gasteiger partial charge in [-0.3, -0.25) is 0 Å². The second-order valence-electron chi connectivity index (χ2n) is 3.22. The molecule has 3 heteroatoms. The van der Waals surface area contributed by atoms with Crippen LogP contribution < -0.4 is 4.74 Å². The number of rotatable bonds is 6. The van der Waals surface area contributed by atoms with Crippen LogP contribution in [-0.2, 0) is 9.53 Å². The molecule has 0 saturated carbocycles. The van der Waals surface area contributed by atoms with Crippen molar-refractivity contribution in [2.75, 3.05) is 13.2 Å². The van der Waals surface area contributed by atoms with Gasteiger partial charge < -0.3 is 9.47 Å². The smallest absolute Gasteiger partial charge is 0.330 e. The van der Waals surface area contributed by atoms with E-state index in [9.17, 15) is 4.79 Å². The Balaban J connectivity index is 2.75. The van der Waals surface area contributed by atoms with Crippen LogP contribution in [0, 0.1) is 0 Å². The fraction of sp³-hybridized carbons (Fsp3) is 0.214. The zero-order valence-electron chi connectivity index (χ0n) is 9.89. The summed E-state index contributed by atoms with van der Waals surface area (Å²) in [5.74, 6) is 0.360. The lowest BCUT2D eigenvalue weighted by molar-refractivity contribution is -0.137. The zero-order chi connectivity index (χ0) is 12.5. The Hall–Kier alpha value is -2.03. The SMILES string of the molecule is C=CCOc1ccccc1C=CC(=O)OCC. The normalized spacial score (nSPS) is 10.2. The second kappa shape index (κ2) is 7.28. The van der Waals surface area contributed by atoms with Crippen molar-refractivity contribution in [2.45, 2.75) is 6.92 Å². The monoisotopic (exact) mass is 232 g/mol. The lowest BCUT2D eigenvalue weighted by Crippen LogP contribution is -1.99. The maximum absolute atomic E-state index is 11.2. The molecule has 0 atom stereocenters. The molecule has 0 bridgehead atoms. The Labute approximate surface area is 101 Å². The van der Waals surface area contributed by atoms with Gasteiger partial charge in [-0.2, -0.15) is 0 Å². The standard InChI is InChI=1S/C14H16O3/c1-3-11-17-13-8-6-5-7-12(13)9-10-14(15)16-4-2/h3,5-10H,1,4,11H2,2H3. The molecule has 0 heterocycles. The fourth-order valence-electron chi connectivity index (χ4n) is 1.25. The number of hydrogen-bond donors (Lipinski definition) is 0. The van der Waals surface area contributed by atoms with E-state index in [0.717, 1.165) is 5.56 Å². The summed E-state index contributed by atoms with van der Waals surface area (Å²) in [7, 11) is 0. The van der Waals surface area contributed by atoms with Crippen molar-refractivity contribution < 1.29 is 14.3 Å². The molecule has 0 aliphatic heterocycles. The maximum atomic E-state index is 11.2. The quantitative estimate of drug-likeness (QED) is 0.430. The highest BCUT2D eigenvalue weighted by Crippen LogP contribution is 2.19. The van der Waals surface area contributed by atoms with Gasteiger partial charge in [0.25, 0.3) is 0 Å². The number of esters is 1. The number of carbonyl (C=O) groups is 1. The molecule has 0 fully saturated rings. The Morgan fingerprint density at radius 1 is 1.41 bits per heavy atom. The van der Waals surface area contributed by atoms with Crippen LogP contribution in [-0.4, -0.2) is 19.2 Å². The van der Waals surface area contributed by atoms with Crippen LogP contribution in [0.25, 0.3) is 6.08 Å². The number of ether oxygens (including phenoxy) is 2. The molecule has 17 heavy (non-hydrogen) atoms. The van der Waals surface area contributed by atoms with E-state index >= 15 is 0 Å². The van der Waals surface area contributed by atoms with Crippen molar-refractivity contribution in [3.8, 4) is 5.75 Å². The summed E-state index contributed by atoms with van der Waals surface area (Å²) in [5, 5.41) is 0. The molecule has 1 aromatic rings. The molecule has 0 radical (unpaired) electrons. The lowest BCUT2D eigenvalue weighted by atomic mass is 10.2. The summed E-state index contributed by atoms with van der Waals surface area (Å²) in [4.78, 5) is 11.2. The van der Waals surface area contributed by atoms with Gasteiger partial charge in [0.1, 0.15) is 12.4 Å². The van der Waals surface area contributed by atoms with Crippen LogP contribution in [0.1, 0.15) is 12.5 Å². The van der Waals surface area contributed by atoms with Crippen molar-refractivity contribution in [3.05, 3.63) is 48.6 Å². The van der Waals surface area contributed by atoms with E-state index in [0.29, 0.717) is 19.0 Å². The highest BCUT2D eigenvalue weighted by molar-refractivity contribution is 5.87. The molecule has 0 aliphatic rings. The van der Waals surface area contributed by atoms with E-state index in [2.05, 4.69) is 6.58 Å². The minimum Gasteiger partial charge on any atom is -0.489 e. The summed E-state index contributed by atoms with van der Waals surface area (Å²) in [6.45, 7) is 6.17. The topological polar surface area (TPSA) is 35.5 Å². The molecule has 3 nitrogen and oxygen atoms in total. The second-order valence-corrected chi connectivity index (χ2v) is 3.22. The highest BCUT2D eigenvalue weighted by Gasteiger charge is 2.00. The van der Waals surface area contributed by atoms with E-state index in [-0.39, 0.29) is 5.97 Å². The number of carbonyl (C=O) groups excluding carboxylic acids is 1. The number of hydrogen-bond acceptors (Lipinski definition) is 3. The minimum absolute atomic E-state index is 0.356. The number of para-hydroxylation sites is 1. The molecular weight excluding hydrogens is 216 g/mol. The van der Waals surface area contributed by atoms with Gasteiger partial charge in [0.05, 0.1) is 6.61 Å². The number of benzene rings is 1. The third-order valence-electron chi connectivity index (χ3n) is 1.96. The van der Waals surface area contributed by atoms with Gasteiger partial charge in [-0.15, -0.1) is 0 Å². The van der Waals surface area contributed by atoms with Crippen LogP contribution in [0.4, 0.5) is 0 Å². The molecule has 0 amide bonds. The molecule has 0 aromatic heterocycles. The van der Waals surface area contributed by atoms with E-state index in [1.165, 1.54) is 6.08 Å². The molecule has 0 unspecified atom stereocenters. The lowest BCUT2D eigenvalue weighted by Gasteiger charge is -2.06. The third-order valence-corrected chi connectivity index (χ3v) is 1.96. The van der Waals surface area contributed by atoms with Gasteiger partial charge in [-0.25, -0.2) is 4.79 Å². The van der Waals surface area contributed by atoms with Crippen molar-refractivity contribution in [1.82, 2.24) is 0 Å². The molecule has 1 aromatic carbocycles. The molecule has 1 rings (SSSR count). The van der Waals surface area contributed by atoms with Crippen LogP contribution >= 0.6 is 0 Å². The average Bonchev–Trinajstić information content (AvgIpc) is 2.35. The van der Waals surface area contributed by atoms with Crippen molar-refractivity contribution in [1.29, 1.82) is 0 Å². The van der Waals surface area contributed by atoms with Crippen molar-refractivity contribution in [2.24, 2.45) is 0 Å². The van der Waals surface area contributed by atoms with Crippen LogP contribution in [0.15, 0.2) is 43.0 Å². The zero-order valence-corrected chi connectivity index (χ0v) is 9.89. The molecule has 0 saturated heterocycles. The molecular formula is C14H16O3. The van der Waals surface area contributed by atoms with E-state index in [1.807, 2.05) is 24.3 Å². The summed E-state index contributed by atoms with van der Waals surface area (Å²) in [6, 6.07) is 7.47. The summed E-state index contributed by atoms with van der Waals surface area (Å²) in [5.41, 5.74) is 0.836. The maximum Gasteiger partial charge on any atom is 0.330 e. The minimum atomic E-state index is -0.356. The predicted molar refractivity (Wildman–Crippen MR) is 67.8 cm³/mol. The Bertz CT molecular complexity index is 408. The Kier molecular flexibility index (Phi) is 5.58.